The number of rotatable bonds is 5. The van der Waals surface area contributed by atoms with E-state index in [4.69, 9.17) is 0 Å². The standard InChI is InChI=1S/C16H18F3N3O2S2/c17-16(18,19)14-11-21-15(25-14)20-10-12-6-8-22(9-7-12)26(23,24)13-4-2-1-3-5-13/h1-5,11-12H,6-10H2,(H,20,21). The Hall–Kier alpha value is -1.65. The minimum Gasteiger partial charge on any atom is -0.361 e. The lowest BCUT2D eigenvalue weighted by molar-refractivity contribution is -0.134. The highest BCUT2D eigenvalue weighted by atomic mass is 32.2. The molecule has 1 aliphatic rings. The van der Waals surface area contributed by atoms with Crippen LogP contribution in [-0.4, -0.2) is 37.3 Å². The molecule has 0 unspecified atom stereocenters. The van der Waals surface area contributed by atoms with E-state index >= 15 is 0 Å². The van der Waals surface area contributed by atoms with Crippen molar-refractivity contribution in [1.82, 2.24) is 9.29 Å². The highest BCUT2D eigenvalue weighted by Crippen LogP contribution is 2.35. The van der Waals surface area contributed by atoms with Gasteiger partial charge in [0.1, 0.15) is 4.88 Å². The lowest BCUT2D eigenvalue weighted by Crippen LogP contribution is -2.39. The van der Waals surface area contributed by atoms with E-state index in [0.29, 0.717) is 43.8 Å². The van der Waals surface area contributed by atoms with Crippen LogP contribution in [0.3, 0.4) is 0 Å². The molecular formula is C16H18F3N3O2S2. The summed E-state index contributed by atoms with van der Waals surface area (Å²) in [7, 11) is -3.49. The Balaban J connectivity index is 1.52. The molecule has 0 aliphatic carbocycles. The van der Waals surface area contributed by atoms with Crippen molar-refractivity contribution < 1.29 is 21.6 Å². The zero-order valence-corrected chi connectivity index (χ0v) is 15.4. The molecule has 0 spiro atoms. The predicted molar refractivity (Wildman–Crippen MR) is 93.5 cm³/mol. The van der Waals surface area contributed by atoms with Crippen molar-refractivity contribution >= 4 is 26.5 Å². The van der Waals surface area contributed by atoms with Gasteiger partial charge in [-0.3, -0.25) is 0 Å². The monoisotopic (exact) mass is 405 g/mol. The van der Waals surface area contributed by atoms with E-state index in [1.54, 1.807) is 30.3 Å². The van der Waals surface area contributed by atoms with Crippen molar-refractivity contribution in [1.29, 1.82) is 0 Å². The van der Waals surface area contributed by atoms with E-state index in [-0.39, 0.29) is 15.9 Å². The van der Waals surface area contributed by atoms with Gasteiger partial charge in [0.15, 0.2) is 5.13 Å². The number of benzene rings is 1. The highest BCUT2D eigenvalue weighted by molar-refractivity contribution is 7.89. The average molecular weight is 405 g/mol. The minimum atomic E-state index is -4.38. The summed E-state index contributed by atoms with van der Waals surface area (Å²) < 4.78 is 64.3. The van der Waals surface area contributed by atoms with Crippen LogP contribution < -0.4 is 5.32 Å². The van der Waals surface area contributed by atoms with Crippen LogP contribution in [0.2, 0.25) is 0 Å². The number of nitrogens with one attached hydrogen (secondary N) is 1. The molecule has 0 radical (unpaired) electrons. The average Bonchev–Trinajstić information content (AvgIpc) is 3.10. The van der Waals surface area contributed by atoms with Gasteiger partial charge < -0.3 is 5.32 Å². The zero-order chi connectivity index (χ0) is 18.8. The molecule has 0 atom stereocenters. The van der Waals surface area contributed by atoms with Crippen molar-refractivity contribution in [3.8, 4) is 0 Å². The summed E-state index contributed by atoms with van der Waals surface area (Å²) in [6.07, 6.45) is -2.26. The number of piperidine rings is 1. The highest BCUT2D eigenvalue weighted by Gasteiger charge is 2.33. The van der Waals surface area contributed by atoms with Gasteiger partial charge in [-0.15, -0.1) is 0 Å². The van der Waals surface area contributed by atoms with Crippen LogP contribution >= 0.6 is 11.3 Å². The third-order valence-corrected chi connectivity index (χ3v) is 7.19. The zero-order valence-electron chi connectivity index (χ0n) is 13.7. The fourth-order valence-corrected chi connectivity index (χ4v) is 4.99. The maximum Gasteiger partial charge on any atom is 0.427 e. The van der Waals surface area contributed by atoms with E-state index in [9.17, 15) is 21.6 Å². The van der Waals surface area contributed by atoms with Crippen LogP contribution in [0, 0.1) is 5.92 Å². The van der Waals surface area contributed by atoms with Crippen LogP contribution in [0.4, 0.5) is 18.3 Å². The Bertz CT molecular complexity index is 830. The van der Waals surface area contributed by atoms with E-state index in [1.807, 2.05) is 0 Å². The summed E-state index contributed by atoms with van der Waals surface area (Å²) in [5.74, 6) is 0.190. The van der Waals surface area contributed by atoms with E-state index in [1.165, 1.54) is 4.31 Å². The van der Waals surface area contributed by atoms with Crippen LogP contribution in [-0.2, 0) is 16.2 Å². The van der Waals surface area contributed by atoms with Crippen molar-refractivity contribution in [3.05, 3.63) is 41.4 Å². The van der Waals surface area contributed by atoms with Crippen molar-refractivity contribution in [2.75, 3.05) is 25.0 Å². The second-order valence-corrected chi connectivity index (χ2v) is 9.04. The third-order valence-electron chi connectivity index (χ3n) is 4.28. The van der Waals surface area contributed by atoms with Gasteiger partial charge in [0, 0.05) is 19.6 Å². The summed E-state index contributed by atoms with van der Waals surface area (Å²) in [5, 5.41) is 3.16. The topological polar surface area (TPSA) is 62.3 Å². The number of aromatic nitrogens is 1. The second kappa shape index (κ2) is 7.53. The molecule has 1 aromatic carbocycles. The Kier molecular flexibility index (Phi) is 5.54. The smallest absolute Gasteiger partial charge is 0.361 e. The maximum absolute atomic E-state index is 12.6. The molecule has 26 heavy (non-hydrogen) atoms. The van der Waals surface area contributed by atoms with Crippen molar-refractivity contribution in [2.45, 2.75) is 23.9 Å². The number of hydrogen-bond donors (Lipinski definition) is 1. The molecule has 2 heterocycles. The fraction of sp³-hybridized carbons (Fsp3) is 0.438. The quantitative estimate of drug-likeness (QED) is 0.825. The molecule has 1 fully saturated rings. The molecular weight excluding hydrogens is 387 g/mol. The molecule has 10 heteroatoms. The molecule has 0 bridgehead atoms. The number of hydrogen-bond acceptors (Lipinski definition) is 5. The SMILES string of the molecule is O=S(=O)(c1ccccc1)N1CCC(CNc2ncc(C(F)(F)F)s2)CC1. The van der Waals surface area contributed by atoms with Crippen LogP contribution in [0.5, 0.6) is 0 Å². The molecule has 3 rings (SSSR count). The molecule has 2 aromatic rings. The summed E-state index contributed by atoms with van der Waals surface area (Å²) >= 11 is 0.577. The van der Waals surface area contributed by atoms with E-state index in [2.05, 4.69) is 10.3 Å². The molecule has 142 valence electrons. The molecule has 1 aliphatic heterocycles. The first-order chi connectivity index (χ1) is 12.3. The fourth-order valence-electron chi connectivity index (χ4n) is 2.81. The van der Waals surface area contributed by atoms with Gasteiger partial charge in [-0.1, -0.05) is 29.5 Å². The number of anilines is 1. The summed E-state index contributed by atoms with van der Waals surface area (Å²) in [5.41, 5.74) is 0. The van der Waals surface area contributed by atoms with Crippen LogP contribution in [0.25, 0.3) is 0 Å². The van der Waals surface area contributed by atoms with Gasteiger partial charge in [-0.2, -0.15) is 17.5 Å². The largest absolute Gasteiger partial charge is 0.427 e. The minimum absolute atomic E-state index is 0.190. The Morgan fingerprint density at radius 3 is 2.42 bits per heavy atom. The van der Waals surface area contributed by atoms with Crippen LogP contribution in [0.1, 0.15) is 17.7 Å². The number of thiazole rings is 1. The summed E-state index contributed by atoms with van der Waals surface area (Å²) in [6, 6.07) is 8.28. The van der Waals surface area contributed by atoms with Gasteiger partial charge in [-0.05, 0) is 30.9 Å². The van der Waals surface area contributed by atoms with Crippen molar-refractivity contribution in [2.24, 2.45) is 5.92 Å². The first kappa shape index (κ1) is 19.1. The number of alkyl halides is 3. The maximum atomic E-state index is 12.6. The third kappa shape index (κ3) is 4.36. The molecule has 1 N–H and O–H groups in total. The van der Waals surface area contributed by atoms with Gasteiger partial charge >= 0.3 is 6.18 Å². The molecule has 1 saturated heterocycles. The molecule has 0 saturated carbocycles. The molecule has 0 amide bonds. The van der Waals surface area contributed by atoms with Crippen LogP contribution in [0.15, 0.2) is 41.4 Å². The van der Waals surface area contributed by atoms with Gasteiger partial charge in [0.05, 0.1) is 11.1 Å². The first-order valence-electron chi connectivity index (χ1n) is 8.09. The van der Waals surface area contributed by atoms with E-state index in [0.717, 1.165) is 6.20 Å². The summed E-state index contributed by atoms with van der Waals surface area (Å²) in [6.45, 7) is 1.27. The second-order valence-electron chi connectivity index (χ2n) is 6.07. The lowest BCUT2D eigenvalue weighted by atomic mass is 9.98. The summed E-state index contributed by atoms with van der Waals surface area (Å²) in [4.78, 5) is 3.29. The normalized spacial score (nSPS) is 17.3. The van der Waals surface area contributed by atoms with Gasteiger partial charge in [0.25, 0.3) is 0 Å². The first-order valence-corrected chi connectivity index (χ1v) is 10.3. The van der Waals surface area contributed by atoms with Crippen molar-refractivity contribution in [3.63, 3.8) is 0 Å². The lowest BCUT2D eigenvalue weighted by Gasteiger charge is -2.31. The number of halogens is 3. The van der Waals surface area contributed by atoms with Gasteiger partial charge in [-0.25, -0.2) is 13.4 Å². The molecule has 5 nitrogen and oxygen atoms in total. The molecule has 1 aromatic heterocycles. The predicted octanol–water partition coefficient (Wildman–Crippen LogP) is 3.67. The Labute approximate surface area is 153 Å². The Morgan fingerprint density at radius 1 is 1.19 bits per heavy atom. The number of sulfonamides is 1. The van der Waals surface area contributed by atoms with E-state index < -0.39 is 21.1 Å². The van der Waals surface area contributed by atoms with Gasteiger partial charge in [0.2, 0.25) is 10.0 Å². The Morgan fingerprint density at radius 2 is 1.85 bits per heavy atom. The number of nitrogens with zero attached hydrogens (tertiary/aromatic N) is 2.